The van der Waals surface area contributed by atoms with Crippen molar-refractivity contribution >= 4 is 11.6 Å². The Kier molecular flexibility index (Phi) is 6.93. The van der Waals surface area contributed by atoms with E-state index in [1.165, 1.54) is 11.6 Å². The molecule has 0 saturated heterocycles. The summed E-state index contributed by atoms with van der Waals surface area (Å²) < 4.78 is 16.0. The van der Waals surface area contributed by atoms with Crippen molar-refractivity contribution < 1.29 is 4.39 Å². The third kappa shape index (κ3) is 5.16. The van der Waals surface area contributed by atoms with E-state index in [-0.39, 0.29) is 11.7 Å². The SMILES string of the molecule is Cc1cc(-c2cn(CCN(C)C)c(C(C)CCN(C)c3ncnc4c3CCN4)n2)ccc1F. The summed E-state index contributed by atoms with van der Waals surface area (Å²) in [6.07, 6.45) is 5.65. The maximum atomic E-state index is 13.8. The normalized spacial score (nSPS) is 13.8. The third-order valence-corrected chi connectivity index (χ3v) is 6.34. The van der Waals surface area contributed by atoms with Gasteiger partial charge in [-0.1, -0.05) is 6.92 Å². The summed E-state index contributed by atoms with van der Waals surface area (Å²) in [7, 11) is 6.25. The Bertz CT molecular complexity index is 1110. The van der Waals surface area contributed by atoms with E-state index in [0.29, 0.717) is 5.56 Å². The fourth-order valence-corrected chi connectivity index (χ4v) is 4.30. The molecule has 0 aliphatic carbocycles. The zero-order valence-corrected chi connectivity index (χ0v) is 20.3. The van der Waals surface area contributed by atoms with E-state index in [0.717, 1.165) is 67.7 Å². The van der Waals surface area contributed by atoms with Crippen molar-refractivity contribution in [2.75, 3.05) is 51.0 Å². The molecule has 3 heterocycles. The predicted molar refractivity (Wildman–Crippen MR) is 131 cm³/mol. The molecule has 33 heavy (non-hydrogen) atoms. The Labute approximate surface area is 195 Å². The van der Waals surface area contributed by atoms with Crippen molar-refractivity contribution in [1.82, 2.24) is 24.4 Å². The van der Waals surface area contributed by atoms with E-state index in [9.17, 15) is 4.39 Å². The number of aryl methyl sites for hydroxylation is 1. The molecule has 0 radical (unpaired) electrons. The van der Waals surface area contributed by atoms with Gasteiger partial charge in [0.15, 0.2) is 0 Å². The molecule has 0 saturated carbocycles. The molecule has 1 aliphatic rings. The van der Waals surface area contributed by atoms with Gasteiger partial charge in [0.2, 0.25) is 0 Å². The fourth-order valence-electron chi connectivity index (χ4n) is 4.30. The number of imidazole rings is 1. The molecule has 2 aromatic heterocycles. The number of hydrogen-bond acceptors (Lipinski definition) is 6. The molecule has 176 valence electrons. The van der Waals surface area contributed by atoms with Crippen molar-refractivity contribution in [2.24, 2.45) is 0 Å². The van der Waals surface area contributed by atoms with Gasteiger partial charge in [-0.25, -0.2) is 19.3 Å². The number of nitrogens with zero attached hydrogens (tertiary/aromatic N) is 6. The number of likely N-dealkylation sites (N-methyl/N-ethyl adjacent to an activating group) is 1. The number of nitrogens with one attached hydrogen (secondary N) is 1. The standard InChI is InChI=1S/C25H34FN7/c1-17(9-11-32(5)25-20-8-10-27-23(20)28-16-29-25)24-30-22(15-33(24)13-12-31(3)4)19-6-7-21(26)18(2)14-19/h6-7,14-17H,8-13H2,1-5H3,(H,27,28,29). The van der Waals surface area contributed by atoms with Crippen molar-refractivity contribution in [3.63, 3.8) is 0 Å². The second-order valence-corrected chi connectivity index (χ2v) is 9.26. The first-order valence-corrected chi connectivity index (χ1v) is 11.6. The van der Waals surface area contributed by atoms with Gasteiger partial charge >= 0.3 is 0 Å². The second kappa shape index (κ2) is 9.87. The molecule has 3 aromatic rings. The number of halogens is 1. The minimum atomic E-state index is -0.186. The van der Waals surface area contributed by atoms with Crippen molar-refractivity contribution in [1.29, 1.82) is 0 Å². The Morgan fingerprint density at radius 1 is 1.18 bits per heavy atom. The van der Waals surface area contributed by atoms with E-state index < -0.39 is 0 Å². The van der Waals surface area contributed by atoms with Crippen molar-refractivity contribution in [2.45, 2.75) is 39.2 Å². The van der Waals surface area contributed by atoms with Crippen LogP contribution in [-0.4, -0.2) is 65.2 Å². The molecule has 1 N–H and O–H groups in total. The van der Waals surface area contributed by atoms with Crippen LogP contribution in [0, 0.1) is 12.7 Å². The summed E-state index contributed by atoms with van der Waals surface area (Å²) in [6, 6.07) is 5.21. The summed E-state index contributed by atoms with van der Waals surface area (Å²) in [4.78, 5) is 18.3. The van der Waals surface area contributed by atoms with Crippen LogP contribution in [-0.2, 0) is 13.0 Å². The second-order valence-electron chi connectivity index (χ2n) is 9.26. The van der Waals surface area contributed by atoms with Crippen LogP contribution in [0.3, 0.4) is 0 Å². The number of hydrogen-bond donors (Lipinski definition) is 1. The van der Waals surface area contributed by atoms with Crippen LogP contribution in [0.1, 0.15) is 36.2 Å². The molecule has 0 fully saturated rings. The summed E-state index contributed by atoms with van der Waals surface area (Å²) in [5.74, 6) is 3.11. The lowest BCUT2D eigenvalue weighted by Gasteiger charge is -2.22. The maximum Gasteiger partial charge on any atom is 0.137 e. The molecule has 4 rings (SSSR count). The van der Waals surface area contributed by atoms with E-state index in [1.54, 1.807) is 13.3 Å². The van der Waals surface area contributed by atoms with E-state index in [1.807, 2.05) is 12.1 Å². The zero-order chi connectivity index (χ0) is 23.5. The highest BCUT2D eigenvalue weighted by molar-refractivity contribution is 5.62. The molecule has 1 aromatic carbocycles. The summed E-state index contributed by atoms with van der Waals surface area (Å²) >= 11 is 0. The Hall–Kier alpha value is -3.00. The van der Waals surface area contributed by atoms with Crippen LogP contribution in [0.15, 0.2) is 30.7 Å². The first-order chi connectivity index (χ1) is 15.8. The third-order valence-electron chi connectivity index (χ3n) is 6.34. The first-order valence-electron chi connectivity index (χ1n) is 11.6. The van der Waals surface area contributed by atoms with Gasteiger partial charge in [0, 0.05) is 56.5 Å². The fraction of sp³-hybridized carbons (Fsp3) is 0.480. The van der Waals surface area contributed by atoms with Gasteiger partial charge in [-0.15, -0.1) is 0 Å². The van der Waals surface area contributed by atoms with Crippen LogP contribution in [0.25, 0.3) is 11.3 Å². The zero-order valence-electron chi connectivity index (χ0n) is 20.3. The molecular formula is C25H34FN7. The Morgan fingerprint density at radius 2 is 2.00 bits per heavy atom. The van der Waals surface area contributed by atoms with Gasteiger partial charge in [-0.3, -0.25) is 0 Å². The number of fused-ring (bicyclic) bond motifs is 1. The van der Waals surface area contributed by atoms with E-state index in [4.69, 9.17) is 4.98 Å². The Morgan fingerprint density at radius 3 is 2.76 bits per heavy atom. The quantitative estimate of drug-likeness (QED) is 0.532. The van der Waals surface area contributed by atoms with E-state index in [2.05, 4.69) is 63.9 Å². The highest BCUT2D eigenvalue weighted by atomic mass is 19.1. The lowest BCUT2D eigenvalue weighted by atomic mass is 10.1. The lowest BCUT2D eigenvalue weighted by Crippen LogP contribution is -2.24. The Balaban J connectivity index is 1.52. The van der Waals surface area contributed by atoms with Gasteiger partial charge in [0.05, 0.1) is 5.69 Å². The molecule has 8 heteroatoms. The number of aromatic nitrogens is 4. The maximum absolute atomic E-state index is 13.8. The van der Waals surface area contributed by atoms with Crippen LogP contribution in [0.4, 0.5) is 16.0 Å². The highest BCUT2D eigenvalue weighted by Gasteiger charge is 2.21. The molecule has 0 amide bonds. The van der Waals surface area contributed by atoms with Crippen molar-refractivity contribution in [3.05, 3.63) is 53.5 Å². The van der Waals surface area contributed by atoms with E-state index >= 15 is 0 Å². The summed E-state index contributed by atoms with van der Waals surface area (Å²) in [6.45, 7) is 7.60. The van der Waals surface area contributed by atoms with Crippen LogP contribution < -0.4 is 10.2 Å². The van der Waals surface area contributed by atoms with Gasteiger partial charge in [0.25, 0.3) is 0 Å². The monoisotopic (exact) mass is 451 g/mol. The average Bonchev–Trinajstić information content (AvgIpc) is 3.44. The highest BCUT2D eigenvalue weighted by Crippen LogP contribution is 2.29. The summed E-state index contributed by atoms with van der Waals surface area (Å²) in [5.41, 5.74) is 3.69. The van der Waals surface area contributed by atoms with Gasteiger partial charge < -0.3 is 19.7 Å². The van der Waals surface area contributed by atoms with Crippen LogP contribution >= 0.6 is 0 Å². The van der Waals surface area contributed by atoms with Gasteiger partial charge in [-0.05, 0) is 57.6 Å². The van der Waals surface area contributed by atoms with Gasteiger partial charge in [-0.2, -0.15) is 0 Å². The smallest absolute Gasteiger partial charge is 0.137 e. The van der Waals surface area contributed by atoms with Crippen molar-refractivity contribution in [3.8, 4) is 11.3 Å². The number of rotatable bonds is 9. The minimum Gasteiger partial charge on any atom is -0.369 e. The molecular weight excluding hydrogens is 417 g/mol. The predicted octanol–water partition coefficient (Wildman–Crippen LogP) is 3.95. The minimum absolute atomic E-state index is 0.186. The molecule has 1 aliphatic heterocycles. The van der Waals surface area contributed by atoms with Crippen LogP contribution in [0.2, 0.25) is 0 Å². The van der Waals surface area contributed by atoms with Gasteiger partial charge in [0.1, 0.15) is 29.6 Å². The summed E-state index contributed by atoms with van der Waals surface area (Å²) in [5, 5.41) is 3.32. The molecule has 0 bridgehead atoms. The molecule has 7 nitrogen and oxygen atoms in total. The molecule has 1 atom stereocenters. The largest absolute Gasteiger partial charge is 0.369 e. The first kappa shape index (κ1) is 23.2. The number of benzene rings is 1. The lowest BCUT2D eigenvalue weighted by molar-refractivity contribution is 0.377. The average molecular weight is 452 g/mol. The molecule has 0 spiro atoms. The van der Waals surface area contributed by atoms with Crippen LogP contribution in [0.5, 0.6) is 0 Å². The number of anilines is 2. The molecule has 1 unspecified atom stereocenters. The topological polar surface area (TPSA) is 62.1 Å².